The Hall–Kier alpha value is -1.17. The van der Waals surface area contributed by atoms with E-state index in [1.807, 2.05) is 0 Å². The maximum absolute atomic E-state index is 13.6. The van der Waals surface area contributed by atoms with Gasteiger partial charge >= 0.3 is 0 Å². The minimum atomic E-state index is -0.568. The second-order valence-corrected chi connectivity index (χ2v) is 6.02. The summed E-state index contributed by atoms with van der Waals surface area (Å²) in [6.45, 7) is 3.02. The molecule has 21 heavy (non-hydrogen) atoms. The number of carbonyl (C=O) groups is 1. The lowest BCUT2D eigenvalue weighted by Gasteiger charge is -2.35. The molecule has 1 amide bonds. The minimum Gasteiger partial charge on any atom is -0.373 e. The number of amides is 1. The quantitative estimate of drug-likeness (QED) is 0.929. The van der Waals surface area contributed by atoms with Crippen molar-refractivity contribution in [3.63, 3.8) is 0 Å². The Morgan fingerprint density at radius 2 is 2.38 bits per heavy atom. The average molecular weight is 313 g/mol. The van der Waals surface area contributed by atoms with E-state index in [4.69, 9.17) is 16.3 Å². The number of nitrogens with zero attached hydrogens (tertiary/aromatic N) is 1. The standard InChI is InChI=1S/C15H18ClFN2O2/c16-10-3-4-14(17)13(6-10)15(20)18-7-12-8-19-5-1-2-11(19)9-21-12/h3-4,6,11-12H,1-2,5,7-9H2,(H,18,20). The number of morpholine rings is 1. The summed E-state index contributed by atoms with van der Waals surface area (Å²) in [6.07, 6.45) is 2.36. The molecule has 2 fully saturated rings. The van der Waals surface area contributed by atoms with Crippen molar-refractivity contribution in [1.82, 2.24) is 10.2 Å². The molecule has 2 heterocycles. The molecule has 0 bridgehead atoms. The first kappa shape index (κ1) is 14.8. The van der Waals surface area contributed by atoms with Crippen LogP contribution in [0.15, 0.2) is 18.2 Å². The second kappa shape index (κ2) is 6.30. The van der Waals surface area contributed by atoms with Crippen molar-refractivity contribution in [2.24, 2.45) is 0 Å². The molecule has 4 nitrogen and oxygen atoms in total. The maximum atomic E-state index is 13.6. The Kier molecular flexibility index (Phi) is 4.42. The topological polar surface area (TPSA) is 41.6 Å². The van der Waals surface area contributed by atoms with Gasteiger partial charge in [0, 0.05) is 24.2 Å². The van der Waals surface area contributed by atoms with Crippen LogP contribution in [0.3, 0.4) is 0 Å². The molecule has 3 rings (SSSR count). The van der Waals surface area contributed by atoms with Gasteiger partial charge in [-0.2, -0.15) is 0 Å². The summed E-state index contributed by atoms with van der Waals surface area (Å²) < 4.78 is 19.4. The van der Waals surface area contributed by atoms with Gasteiger partial charge < -0.3 is 10.1 Å². The third kappa shape index (κ3) is 3.36. The zero-order chi connectivity index (χ0) is 14.8. The molecule has 6 heteroatoms. The van der Waals surface area contributed by atoms with Gasteiger partial charge in [0.2, 0.25) is 0 Å². The minimum absolute atomic E-state index is 0.0302. The second-order valence-electron chi connectivity index (χ2n) is 5.58. The number of nitrogens with one attached hydrogen (secondary N) is 1. The van der Waals surface area contributed by atoms with Crippen LogP contribution in [0.4, 0.5) is 4.39 Å². The van der Waals surface area contributed by atoms with Gasteiger partial charge in [0.1, 0.15) is 5.82 Å². The maximum Gasteiger partial charge on any atom is 0.254 e. The largest absolute Gasteiger partial charge is 0.373 e. The number of hydrogen-bond donors (Lipinski definition) is 1. The van der Waals surface area contributed by atoms with Gasteiger partial charge in [-0.3, -0.25) is 9.69 Å². The molecule has 2 saturated heterocycles. The normalized spacial score (nSPS) is 25.6. The average Bonchev–Trinajstić information content (AvgIpc) is 2.94. The van der Waals surface area contributed by atoms with E-state index in [1.54, 1.807) is 0 Å². The first-order valence-electron chi connectivity index (χ1n) is 7.22. The summed E-state index contributed by atoms with van der Waals surface area (Å²) in [5.41, 5.74) is -0.0302. The fourth-order valence-corrected chi connectivity index (χ4v) is 3.15. The molecule has 2 unspecified atom stereocenters. The third-order valence-electron chi connectivity index (χ3n) is 4.12. The van der Waals surface area contributed by atoms with Crippen LogP contribution in [0.25, 0.3) is 0 Å². The first-order chi connectivity index (χ1) is 10.1. The third-order valence-corrected chi connectivity index (χ3v) is 4.36. The number of ether oxygens (including phenoxy) is 1. The van der Waals surface area contributed by atoms with Crippen molar-refractivity contribution in [3.05, 3.63) is 34.6 Å². The van der Waals surface area contributed by atoms with Crippen LogP contribution in [0.1, 0.15) is 23.2 Å². The number of rotatable bonds is 3. The van der Waals surface area contributed by atoms with Crippen LogP contribution in [0.5, 0.6) is 0 Å². The van der Waals surface area contributed by atoms with Gasteiger partial charge in [0.25, 0.3) is 5.91 Å². The molecule has 1 N–H and O–H groups in total. The van der Waals surface area contributed by atoms with Crippen molar-refractivity contribution in [2.75, 3.05) is 26.2 Å². The lowest BCUT2D eigenvalue weighted by Crippen LogP contribution is -2.50. The molecule has 0 radical (unpaired) electrons. The van der Waals surface area contributed by atoms with Crippen LogP contribution in [0, 0.1) is 5.82 Å². The van der Waals surface area contributed by atoms with E-state index < -0.39 is 11.7 Å². The molecule has 0 aliphatic carbocycles. The highest BCUT2D eigenvalue weighted by atomic mass is 35.5. The Labute approximate surface area is 128 Å². The molecule has 0 spiro atoms. The highest BCUT2D eigenvalue weighted by molar-refractivity contribution is 6.30. The van der Waals surface area contributed by atoms with Gasteiger partial charge in [-0.25, -0.2) is 4.39 Å². The molecule has 0 aromatic heterocycles. The number of benzene rings is 1. The number of carbonyl (C=O) groups excluding carboxylic acids is 1. The molecule has 114 valence electrons. The Morgan fingerprint density at radius 1 is 1.52 bits per heavy atom. The molecular weight excluding hydrogens is 295 g/mol. The zero-order valence-electron chi connectivity index (χ0n) is 11.6. The smallest absolute Gasteiger partial charge is 0.254 e. The van der Waals surface area contributed by atoms with Crippen molar-refractivity contribution in [1.29, 1.82) is 0 Å². The summed E-state index contributed by atoms with van der Waals surface area (Å²) in [4.78, 5) is 14.4. The summed E-state index contributed by atoms with van der Waals surface area (Å²) >= 11 is 5.79. The van der Waals surface area contributed by atoms with E-state index in [2.05, 4.69) is 10.2 Å². The van der Waals surface area contributed by atoms with Crippen molar-refractivity contribution in [2.45, 2.75) is 25.0 Å². The van der Waals surface area contributed by atoms with E-state index in [0.717, 1.165) is 13.1 Å². The van der Waals surface area contributed by atoms with Gasteiger partial charge in [-0.15, -0.1) is 0 Å². The molecule has 1 aromatic carbocycles. The predicted octanol–water partition coefficient (Wildman–Crippen LogP) is 2.07. The lowest BCUT2D eigenvalue weighted by atomic mass is 10.1. The molecule has 0 saturated carbocycles. The zero-order valence-corrected chi connectivity index (χ0v) is 12.4. The highest BCUT2D eigenvalue weighted by Crippen LogP contribution is 2.22. The van der Waals surface area contributed by atoms with Crippen LogP contribution < -0.4 is 5.32 Å². The first-order valence-corrected chi connectivity index (χ1v) is 7.60. The molecule has 2 atom stereocenters. The van der Waals surface area contributed by atoms with E-state index in [1.165, 1.54) is 31.0 Å². The van der Waals surface area contributed by atoms with Crippen LogP contribution in [-0.2, 0) is 4.74 Å². The molecule has 2 aliphatic heterocycles. The fraction of sp³-hybridized carbons (Fsp3) is 0.533. The highest BCUT2D eigenvalue weighted by Gasteiger charge is 2.32. The van der Waals surface area contributed by atoms with E-state index >= 15 is 0 Å². The molecular formula is C15H18ClFN2O2. The summed E-state index contributed by atoms with van der Waals surface area (Å²) in [7, 11) is 0. The van der Waals surface area contributed by atoms with E-state index in [-0.39, 0.29) is 11.7 Å². The Balaban J connectivity index is 1.55. The van der Waals surface area contributed by atoms with Gasteiger partial charge in [-0.1, -0.05) is 11.6 Å². The van der Waals surface area contributed by atoms with E-state index in [9.17, 15) is 9.18 Å². The molecule has 1 aromatic rings. The number of hydrogen-bond acceptors (Lipinski definition) is 3. The fourth-order valence-electron chi connectivity index (χ4n) is 2.98. The lowest BCUT2D eigenvalue weighted by molar-refractivity contribution is -0.0462. The Morgan fingerprint density at radius 3 is 3.24 bits per heavy atom. The SMILES string of the molecule is O=C(NCC1CN2CCCC2CO1)c1cc(Cl)ccc1F. The monoisotopic (exact) mass is 312 g/mol. The summed E-state index contributed by atoms with van der Waals surface area (Å²) in [5, 5.41) is 3.07. The summed E-state index contributed by atoms with van der Waals surface area (Å²) in [5.74, 6) is -1.02. The van der Waals surface area contributed by atoms with Crippen molar-refractivity contribution in [3.8, 4) is 0 Å². The number of halogens is 2. The van der Waals surface area contributed by atoms with Gasteiger partial charge in [0.05, 0.1) is 18.3 Å². The van der Waals surface area contributed by atoms with Crippen LogP contribution >= 0.6 is 11.6 Å². The summed E-state index contributed by atoms with van der Waals surface area (Å²) in [6, 6.07) is 4.49. The van der Waals surface area contributed by atoms with Crippen molar-refractivity contribution >= 4 is 17.5 Å². The van der Waals surface area contributed by atoms with Gasteiger partial charge in [-0.05, 0) is 37.6 Å². The van der Waals surface area contributed by atoms with Gasteiger partial charge in [0.15, 0.2) is 0 Å². The predicted molar refractivity (Wildman–Crippen MR) is 78.1 cm³/mol. The van der Waals surface area contributed by atoms with Crippen LogP contribution in [0.2, 0.25) is 5.02 Å². The van der Waals surface area contributed by atoms with Crippen LogP contribution in [-0.4, -0.2) is 49.2 Å². The Bertz CT molecular complexity index is 540. The molecule has 2 aliphatic rings. The van der Waals surface area contributed by atoms with E-state index in [0.29, 0.717) is 24.2 Å². The number of fused-ring (bicyclic) bond motifs is 1. The van der Waals surface area contributed by atoms with Crippen molar-refractivity contribution < 1.29 is 13.9 Å².